The van der Waals surface area contributed by atoms with E-state index in [4.69, 9.17) is 14.2 Å². The van der Waals surface area contributed by atoms with Gasteiger partial charge in [0.25, 0.3) is 0 Å². The monoisotopic (exact) mass is 1150 g/mol. The first-order chi connectivity index (χ1) is 40.5. The van der Waals surface area contributed by atoms with Crippen molar-refractivity contribution in [3.8, 4) is 0 Å². The molecule has 0 aliphatic rings. The Kier molecular flexibility index (Phi) is 68.1. The Morgan fingerprint density at radius 1 is 0.244 bits per heavy atom. The highest BCUT2D eigenvalue weighted by Crippen LogP contribution is 2.18. The standard InChI is InChI=1S/C76H138O6/c1-4-7-10-13-16-19-21-23-25-27-29-31-33-35-37-38-40-41-43-45-47-49-51-53-55-57-60-63-66-69-75(78)81-72-73(71-80-74(77)68-65-62-59-18-15-12-9-6-3)82-76(79)70-67-64-61-58-56-54-52-50-48-46-44-42-39-36-34-32-30-28-26-24-22-20-17-14-11-8-5-2/h21-24,27-30,34,36,73H,4-20,25-26,31-33,35,37-72H2,1-3H3/b23-21-,24-22-,29-27-,30-28-,36-34-. The van der Waals surface area contributed by atoms with E-state index in [1.54, 1.807) is 0 Å². The summed E-state index contributed by atoms with van der Waals surface area (Å²) in [5.41, 5.74) is 0. The summed E-state index contributed by atoms with van der Waals surface area (Å²) in [6, 6.07) is 0. The third kappa shape index (κ3) is 67.9. The fraction of sp³-hybridized carbons (Fsp3) is 0.829. The first-order valence-corrected chi connectivity index (χ1v) is 36.3. The Morgan fingerprint density at radius 3 is 0.683 bits per heavy atom. The van der Waals surface area contributed by atoms with Crippen molar-refractivity contribution in [1.29, 1.82) is 0 Å². The van der Waals surface area contributed by atoms with E-state index >= 15 is 0 Å². The van der Waals surface area contributed by atoms with Crippen LogP contribution in [0.25, 0.3) is 0 Å². The summed E-state index contributed by atoms with van der Waals surface area (Å²) in [4.78, 5) is 38.3. The predicted molar refractivity (Wildman–Crippen MR) is 358 cm³/mol. The van der Waals surface area contributed by atoms with Gasteiger partial charge in [-0.2, -0.15) is 0 Å². The van der Waals surface area contributed by atoms with Crippen LogP contribution in [0.1, 0.15) is 387 Å². The van der Waals surface area contributed by atoms with Crippen LogP contribution in [0.2, 0.25) is 0 Å². The van der Waals surface area contributed by atoms with Gasteiger partial charge in [-0.1, -0.05) is 338 Å². The molecule has 0 saturated carbocycles. The number of hydrogen-bond donors (Lipinski definition) is 0. The Hall–Kier alpha value is -2.89. The molecular weight excluding hydrogens is 1010 g/mol. The predicted octanol–water partition coefficient (Wildman–Crippen LogP) is 25.1. The molecule has 0 aromatic heterocycles. The van der Waals surface area contributed by atoms with Crippen LogP contribution in [-0.2, 0) is 28.6 Å². The lowest BCUT2D eigenvalue weighted by molar-refractivity contribution is -0.167. The van der Waals surface area contributed by atoms with Crippen molar-refractivity contribution in [1.82, 2.24) is 0 Å². The molecular formula is C76H138O6. The molecule has 0 radical (unpaired) electrons. The molecule has 6 heteroatoms. The van der Waals surface area contributed by atoms with E-state index in [2.05, 4.69) is 81.5 Å². The Labute approximate surface area is 510 Å². The van der Waals surface area contributed by atoms with Crippen molar-refractivity contribution in [2.75, 3.05) is 13.2 Å². The lowest BCUT2D eigenvalue weighted by Gasteiger charge is -2.18. The molecule has 0 fully saturated rings. The second-order valence-electron chi connectivity index (χ2n) is 24.5. The average Bonchev–Trinajstić information content (AvgIpc) is 3.48. The van der Waals surface area contributed by atoms with E-state index in [0.29, 0.717) is 19.3 Å². The van der Waals surface area contributed by atoms with Gasteiger partial charge < -0.3 is 14.2 Å². The summed E-state index contributed by atoms with van der Waals surface area (Å²) < 4.78 is 16.9. The quantitative estimate of drug-likeness (QED) is 0.0261. The molecule has 0 aliphatic carbocycles. The number of rotatable bonds is 67. The van der Waals surface area contributed by atoms with E-state index < -0.39 is 6.10 Å². The first-order valence-electron chi connectivity index (χ1n) is 36.3. The molecule has 0 bridgehead atoms. The maximum atomic E-state index is 12.9. The molecule has 6 nitrogen and oxygen atoms in total. The van der Waals surface area contributed by atoms with E-state index in [-0.39, 0.29) is 31.1 Å². The number of carbonyl (C=O) groups excluding carboxylic acids is 3. The van der Waals surface area contributed by atoms with Crippen LogP contribution in [0.15, 0.2) is 60.8 Å². The largest absolute Gasteiger partial charge is 0.462 e. The minimum atomic E-state index is -0.772. The highest BCUT2D eigenvalue weighted by atomic mass is 16.6. The fourth-order valence-electron chi connectivity index (χ4n) is 10.8. The minimum Gasteiger partial charge on any atom is -0.462 e. The van der Waals surface area contributed by atoms with Crippen LogP contribution < -0.4 is 0 Å². The molecule has 478 valence electrons. The van der Waals surface area contributed by atoms with Crippen LogP contribution in [0, 0.1) is 0 Å². The van der Waals surface area contributed by atoms with Crippen LogP contribution in [0.3, 0.4) is 0 Å². The second kappa shape index (κ2) is 70.6. The third-order valence-corrected chi connectivity index (χ3v) is 16.2. The third-order valence-electron chi connectivity index (χ3n) is 16.2. The fourth-order valence-corrected chi connectivity index (χ4v) is 10.8. The summed E-state index contributed by atoms with van der Waals surface area (Å²) in [5.74, 6) is -0.854. The maximum absolute atomic E-state index is 12.9. The van der Waals surface area contributed by atoms with Gasteiger partial charge in [-0.25, -0.2) is 0 Å². The van der Waals surface area contributed by atoms with E-state index in [9.17, 15) is 14.4 Å². The summed E-state index contributed by atoms with van der Waals surface area (Å²) in [6.45, 7) is 6.64. The van der Waals surface area contributed by atoms with Gasteiger partial charge in [-0.3, -0.25) is 14.4 Å². The zero-order valence-electron chi connectivity index (χ0n) is 55.0. The molecule has 0 heterocycles. The van der Waals surface area contributed by atoms with Crippen molar-refractivity contribution < 1.29 is 28.6 Å². The molecule has 0 amide bonds. The number of hydrogen-bond acceptors (Lipinski definition) is 6. The van der Waals surface area contributed by atoms with Crippen LogP contribution >= 0.6 is 0 Å². The molecule has 1 atom stereocenters. The summed E-state index contributed by atoms with van der Waals surface area (Å²) in [5, 5.41) is 0. The summed E-state index contributed by atoms with van der Waals surface area (Å²) in [6.07, 6.45) is 91.3. The summed E-state index contributed by atoms with van der Waals surface area (Å²) >= 11 is 0. The minimum absolute atomic E-state index is 0.0702. The topological polar surface area (TPSA) is 78.9 Å². The van der Waals surface area contributed by atoms with Crippen molar-refractivity contribution in [3.63, 3.8) is 0 Å². The molecule has 0 aromatic carbocycles. The van der Waals surface area contributed by atoms with Crippen LogP contribution in [0.5, 0.6) is 0 Å². The van der Waals surface area contributed by atoms with Gasteiger partial charge in [0.2, 0.25) is 0 Å². The lowest BCUT2D eigenvalue weighted by atomic mass is 10.0. The maximum Gasteiger partial charge on any atom is 0.306 e. The average molecular weight is 1150 g/mol. The number of carbonyl (C=O) groups is 3. The van der Waals surface area contributed by atoms with Gasteiger partial charge in [0.15, 0.2) is 6.10 Å². The van der Waals surface area contributed by atoms with E-state index in [1.807, 2.05) is 0 Å². The number of ether oxygens (including phenoxy) is 3. The molecule has 0 aromatic rings. The molecule has 1 unspecified atom stereocenters. The van der Waals surface area contributed by atoms with Gasteiger partial charge in [0.1, 0.15) is 13.2 Å². The van der Waals surface area contributed by atoms with E-state index in [1.165, 1.54) is 270 Å². The zero-order valence-corrected chi connectivity index (χ0v) is 55.0. The zero-order chi connectivity index (χ0) is 59.2. The van der Waals surface area contributed by atoms with Gasteiger partial charge in [-0.05, 0) is 89.9 Å². The number of esters is 3. The number of allylic oxidation sites excluding steroid dienone is 10. The summed E-state index contributed by atoms with van der Waals surface area (Å²) in [7, 11) is 0. The Bertz CT molecular complexity index is 1460. The first kappa shape index (κ1) is 79.1. The van der Waals surface area contributed by atoms with Gasteiger partial charge in [-0.15, -0.1) is 0 Å². The van der Waals surface area contributed by atoms with Crippen LogP contribution in [-0.4, -0.2) is 37.2 Å². The molecule has 0 aliphatic heterocycles. The molecule has 0 N–H and O–H groups in total. The van der Waals surface area contributed by atoms with Crippen molar-refractivity contribution >= 4 is 17.9 Å². The Morgan fingerprint density at radius 2 is 0.439 bits per heavy atom. The second-order valence-corrected chi connectivity index (χ2v) is 24.5. The van der Waals surface area contributed by atoms with Gasteiger partial charge >= 0.3 is 17.9 Å². The smallest absolute Gasteiger partial charge is 0.306 e. The SMILES string of the molecule is CCCCCCC/C=C\C/C=C\C/C=C\CCCCCCCCCCCCCCC(=O)OC(COC(=O)CCCCCCCCCC)COC(=O)CCCCCCCCCCCCCCCCCCC/C=C\C/C=C\CCCCCCC. The highest BCUT2D eigenvalue weighted by molar-refractivity contribution is 5.71. The lowest BCUT2D eigenvalue weighted by Crippen LogP contribution is -2.30. The molecule has 0 rings (SSSR count). The van der Waals surface area contributed by atoms with Crippen molar-refractivity contribution in [2.24, 2.45) is 0 Å². The van der Waals surface area contributed by atoms with E-state index in [0.717, 1.165) is 77.0 Å². The van der Waals surface area contributed by atoms with Crippen LogP contribution in [0.4, 0.5) is 0 Å². The molecule has 0 saturated heterocycles. The molecule has 82 heavy (non-hydrogen) atoms. The molecule has 0 spiro atoms. The highest BCUT2D eigenvalue weighted by Gasteiger charge is 2.19. The Balaban J connectivity index is 4.08. The van der Waals surface area contributed by atoms with Crippen molar-refractivity contribution in [3.05, 3.63) is 60.8 Å². The number of unbranched alkanes of at least 4 members (excludes halogenated alkanes) is 46. The van der Waals surface area contributed by atoms with Crippen molar-refractivity contribution in [2.45, 2.75) is 393 Å². The van der Waals surface area contributed by atoms with Gasteiger partial charge in [0.05, 0.1) is 0 Å². The van der Waals surface area contributed by atoms with Gasteiger partial charge in [0, 0.05) is 19.3 Å². The normalized spacial score (nSPS) is 12.4.